The van der Waals surface area contributed by atoms with Crippen LogP contribution in [0.4, 0.5) is 0 Å². The number of fused-ring (bicyclic) bond motifs is 1. The van der Waals surface area contributed by atoms with Gasteiger partial charge in [-0.2, -0.15) is 0 Å². The molecule has 1 aliphatic carbocycles. The van der Waals surface area contributed by atoms with E-state index >= 15 is 0 Å². The molecule has 0 bridgehead atoms. The number of nitrogens with one attached hydrogen (secondary N) is 2. The van der Waals surface area contributed by atoms with Crippen LogP contribution in [0.5, 0.6) is 0 Å². The van der Waals surface area contributed by atoms with E-state index in [0.717, 1.165) is 18.7 Å². The summed E-state index contributed by atoms with van der Waals surface area (Å²) < 4.78 is 5.80. The van der Waals surface area contributed by atoms with Gasteiger partial charge in [0.05, 0.1) is 6.04 Å². The number of amides is 2. The largest absolute Gasteiger partial charge is 0.425 e. The normalized spacial score (nSPS) is 28.7. The van der Waals surface area contributed by atoms with Crippen LogP contribution in [0.25, 0.3) is 0 Å². The number of aromatic nitrogens is 2. The highest BCUT2D eigenvalue weighted by atomic mass is 16.4. The second kappa shape index (κ2) is 6.89. The maximum absolute atomic E-state index is 12.3. The van der Waals surface area contributed by atoms with Crippen molar-refractivity contribution in [1.29, 1.82) is 0 Å². The summed E-state index contributed by atoms with van der Waals surface area (Å²) in [5, 5.41) is 14.4. The third-order valence-corrected chi connectivity index (χ3v) is 5.50. The summed E-state index contributed by atoms with van der Waals surface area (Å²) in [5.74, 6) is 1.92. The third kappa shape index (κ3) is 4.31. The van der Waals surface area contributed by atoms with Gasteiger partial charge < -0.3 is 15.1 Å². The van der Waals surface area contributed by atoms with Crippen LogP contribution in [-0.4, -0.2) is 58.1 Å². The molecule has 2 saturated heterocycles. The molecule has 148 valence electrons. The van der Waals surface area contributed by atoms with Crippen LogP contribution in [0.2, 0.25) is 0 Å². The first kappa shape index (κ1) is 18.4. The molecular formula is C19H29N5O3. The van der Waals surface area contributed by atoms with E-state index in [0.29, 0.717) is 44.2 Å². The van der Waals surface area contributed by atoms with E-state index in [9.17, 15) is 9.59 Å². The van der Waals surface area contributed by atoms with E-state index in [-0.39, 0.29) is 35.4 Å². The van der Waals surface area contributed by atoms with Gasteiger partial charge in [-0.25, -0.2) is 0 Å². The fourth-order valence-electron chi connectivity index (χ4n) is 4.08. The molecule has 27 heavy (non-hydrogen) atoms. The average molecular weight is 375 g/mol. The predicted molar refractivity (Wildman–Crippen MR) is 97.9 cm³/mol. The lowest BCUT2D eigenvalue weighted by Gasteiger charge is -2.36. The van der Waals surface area contributed by atoms with Crippen molar-refractivity contribution in [2.75, 3.05) is 13.1 Å². The molecule has 0 aromatic carbocycles. The number of hydrogen-bond acceptors (Lipinski definition) is 6. The van der Waals surface area contributed by atoms with E-state index in [1.165, 1.54) is 0 Å². The predicted octanol–water partition coefficient (Wildman–Crippen LogP) is 0.983. The second-order valence-electron chi connectivity index (χ2n) is 9.36. The molecule has 0 unspecified atom stereocenters. The molecule has 2 amide bonds. The van der Waals surface area contributed by atoms with Crippen molar-refractivity contribution < 1.29 is 14.0 Å². The standard InChI is InChI=1S/C19H29N5O3/c1-19(2,3)8-15(25)21-12-6-14-17(26)20-9-13(24(14)10-12)7-16-22-23-18(27-16)11-4-5-11/h11-14H,4-10H2,1-3H3,(H,20,26)(H,21,25)/t12-,13+,14-/m0/s1. The van der Waals surface area contributed by atoms with Crippen LogP contribution >= 0.6 is 0 Å². The Labute approximate surface area is 159 Å². The summed E-state index contributed by atoms with van der Waals surface area (Å²) in [4.78, 5) is 26.8. The van der Waals surface area contributed by atoms with Crippen molar-refractivity contribution >= 4 is 11.8 Å². The lowest BCUT2D eigenvalue weighted by molar-refractivity contribution is -0.129. The fraction of sp³-hybridized carbons (Fsp3) is 0.789. The Morgan fingerprint density at radius 2 is 2.11 bits per heavy atom. The molecule has 3 aliphatic rings. The molecule has 0 spiro atoms. The van der Waals surface area contributed by atoms with Gasteiger partial charge in [-0.15, -0.1) is 10.2 Å². The zero-order valence-corrected chi connectivity index (χ0v) is 16.3. The first-order valence-corrected chi connectivity index (χ1v) is 9.93. The van der Waals surface area contributed by atoms with Gasteiger partial charge in [-0.05, 0) is 24.7 Å². The van der Waals surface area contributed by atoms with Gasteiger partial charge in [-0.3, -0.25) is 14.5 Å². The number of carbonyl (C=O) groups excluding carboxylic acids is 2. The molecule has 2 aliphatic heterocycles. The van der Waals surface area contributed by atoms with E-state index in [1.807, 2.05) is 20.8 Å². The maximum Gasteiger partial charge on any atom is 0.237 e. The summed E-state index contributed by atoms with van der Waals surface area (Å²) in [6.07, 6.45) is 4.01. The van der Waals surface area contributed by atoms with Crippen LogP contribution in [0.15, 0.2) is 4.42 Å². The highest BCUT2D eigenvalue weighted by Gasteiger charge is 2.44. The Morgan fingerprint density at radius 1 is 1.33 bits per heavy atom. The van der Waals surface area contributed by atoms with Gasteiger partial charge in [0, 0.05) is 43.9 Å². The Kier molecular flexibility index (Phi) is 4.70. The Morgan fingerprint density at radius 3 is 2.81 bits per heavy atom. The van der Waals surface area contributed by atoms with Gasteiger partial charge in [-0.1, -0.05) is 20.8 Å². The van der Waals surface area contributed by atoms with Gasteiger partial charge in [0.2, 0.25) is 23.6 Å². The van der Waals surface area contributed by atoms with E-state index in [1.54, 1.807) is 0 Å². The third-order valence-electron chi connectivity index (χ3n) is 5.50. The summed E-state index contributed by atoms with van der Waals surface area (Å²) >= 11 is 0. The smallest absolute Gasteiger partial charge is 0.237 e. The van der Waals surface area contributed by atoms with Crippen molar-refractivity contribution in [3.63, 3.8) is 0 Å². The molecule has 4 rings (SSSR count). The van der Waals surface area contributed by atoms with Crippen LogP contribution in [0.3, 0.4) is 0 Å². The number of hydrogen-bond donors (Lipinski definition) is 2. The molecule has 1 aromatic rings. The van der Waals surface area contributed by atoms with Gasteiger partial charge in [0.15, 0.2) is 0 Å². The van der Waals surface area contributed by atoms with Crippen molar-refractivity contribution in [3.8, 4) is 0 Å². The Balaban J connectivity index is 1.38. The maximum atomic E-state index is 12.3. The number of carbonyl (C=O) groups is 2. The number of rotatable bonds is 5. The highest BCUT2D eigenvalue weighted by molar-refractivity contribution is 5.83. The molecule has 3 atom stereocenters. The van der Waals surface area contributed by atoms with E-state index in [2.05, 4.69) is 25.7 Å². The Hall–Kier alpha value is -1.96. The second-order valence-corrected chi connectivity index (χ2v) is 9.36. The molecule has 1 aromatic heterocycles. The lowest BCUT2D eigenvalue weighted by Crippen LogP contribution is -2.58. The van der Waals surface area contributed by atoms with Crippen LogP contribution in [0, 0.1) is 5.41 Å². The van der Waals surface area contributed by atoms with Crippen LogP contribution in [-0.2, 0) is 16.0 Å². The van der Waals surface area contributed by atoms with Crippen molar-refractivity contribution in [1.82, 2.24) is 25.7 Å². The van der Waals surface area contributed by atoms with Crippen molar-refractivity contribution in [3.05, 3.63) is 11.8 Å². The van der Waals surface area contributed by atoms with Crippen LogP contribution in [0.1, 0.15) is 64.2 Å². The fourth-order valence-corrected chi connectivity index (χ4v) is 4.08. The van der Waals surface area contributed by atoms with Crippen LogP contribution < -0.4 is 10.6 Å². The van der Waals surface area contributed by atoms with Gasteiger partial charge in [0.25, 0.3) is 0 Å². The Bertz CT molecular complexity index is 721. The summed E-state index contributed by atoms with van der Waals surface area (Å²) in [6, 6.07) is -0.0832. The molecule has 8 heteroatoms. The quantitative estimate of drug-likeness (QED) is 0.796. The first-order valence-electron chi connectivity index (χ1n) is 9.93. The zero-order valence-electron chi connectivity index (χ0n) is 16.3. The van der Waals surface area contributed by atoms with Gasteiger partial charge >= 0.3 is 0 Å². The first-order chi connectivity index (χ1) is 12.8. The van der Waals surface area contributed by atoms with E-state index in [4.69, 9.17) is 4.42 Å². The topological polar surface area (TPSA) is 100 Å². The molecule has 3 heterocycles. The van der Waals surface area contributed by atoms with Crippen molar-refractivity contribution in [2.45, 2.75) is 76.9 Å². The number of piperazine rings is 1. The molecule has 3 fully saturated rings. The average Bonchev–Trinajstić information content (AvgIpc) is 3.15. The minimum atomic E-state index is -0.200. The minimum absolute atomic E-state index is 0.000843. The number of nitrogens with zero attached hydrogens (tertiary/aromatic N) is 3. The molecule has 8 nitrogen and oxygen atoms in total. The summed E-state index contributed by atoms with van der Waals surface area (Å²) in [7, 11) is 0. The molecule has 1 saturated carbocycles. The SMILES string of the molecule is CC(C)(C)CC(=O)N[C@H]1C[C@H]2C(=O)NC[C@@H](Cc3nnc(C4CC4)o3)N2C1. The summed E-state index contributed by atoms with van der Waals surface area (Å²) in [6.45, 7) is 7.40. The van der Waals surface area contributed by atoms with Gasteiger partial charge in [0.1, 0.15) is 0 Å². The summed E-state index contributed by atoms with van der Waals surface area (Å²) in [5.41, 5.74) is -0.0487. The molecule has 0 radical (unpaired) electrons. The lowest BCUT2D eigenvalue weighted by atomic mass is 9.92. The monoisotopic (exact) mass is 375 g/mol. The highest BCUT2D eigenvalue weighted by Crippen LogP contribution is 2.39. The molecule has 2 N–H and O–H groups in total. The zero-order chi connectivity index (χ0) is 19.2. The molecular weight excluding hydrogens is 346 g/mol. The minimum Gasteiger partial charge on any atom is -0.425 e. The van der Waals surface area contributed by atoms with Crippen molar-refractivity contribution in [2.24, 2.45) is 5.41 Å². The van der Waals surface area contributed by atoms with E-state index < -0.39 is 0 Å².